The van der Waals surface area contributed by atoms with Crippen molar-refractivity contribution < 1.29 is 28.4 Å². The van der Waals surface area contributed by atoms with Crippen LogP contribution in [-0.4, -0.2) is 22.6 Å². The van der Waals surface area contributed by atoms with Crippen molar-refractivity contribution >= 4 is 23.9 Å². The van der Waals surface area contributed by atoms with Crippen molar-refractivity contribution in [2.75, 3.05) is 0 Å². The molecular weight excluding hydrogens is 306 g/mol. The van der Waals surface area contributed by atoms with Gasteiger partial charge in [-0.15, -0.1) is 0 Å². The van der Waals surface area contributed by atoms with Crippen LogP contribution in [0.1, 0.15) is 31.4 Å². The van der Waals surface area contributed by atoms with Crippen molar-refractivity contribution in [1.29, 1.82) is 0 Å². The van der Waals surface area contributed by atoms with Crippen molar-refractivity contribution in [2.45, 2.75) is 31.5 Å². The van der Waals surface area contributed by atoms with Crippen molar-refractivity contribution in [1.82, 2.24) is 0 Å². The lowest BCUT2D eigenvalue weighted by atomic mass is 10.1. The third-order valence-corrected chi connectivity index (χ3v) is 3.68. The molecule has 0 N–H and O–H groups in total. The fourth-order valence-corrected chi connectivity index (χ4v) is 2.57. The highest BCUT2D eigenvalue weighted by Gasteiger charge is 2.47. The van der Waals surface area contributed by atoms with Crippen molar-refractivity contribution in [2.24, 2.45) is 0 Å². The van der Waals surface area contributed by atoms with Crippen LogP contribution in [0.15, 0.2) is 34.3 Å². The summed E-state index contributed by atoms with van der Waals surface area (Å²) in [7, 11) is 0. The number of nitrogens with zero attached hydrogens (tertiary/aromatic N) is 1. The Bertz CT molecular complexity index is 700. The zero-order chi connectivity index (χ0) is 16.4. The lowest BCUT2D eigenvalue weighted by Crippen LogP contribution is -2.44. The van der Waals surface area contributed by atoms with E-state index < -0.39 is 28.5 Å². The minimum Gasteiger partial charge on any atom is -0.419 e. The molecule has 0 amide bonds. The third-order valence-electron chi connectivity index (χ3n) is 3.68. The molecule has 1 aromatic rings. The first kappa shape index (κ1) is 15.0. The lowest BCUT2D eigenvalue weighted by molar-refractivity contribution is -0.402. The summed E-state index contributed by atoms with van der Waals surface area (Å²) in [6.45, 7) is 0. The van der Waals surface area contributed by atoms with Gasteiger partial charge in [-0.25, -0.2) is 9.59 Å². The second kappa shape index (κ2) is 5.71. The van der Waals surface area contributed by atoms with Crippen molar-refractivity contribution in [3.8, 4) is 0 Å². The van der Waals surface area contributed by atoms with E-state index in [1.54, 1.807) is 0 Å². The summed E-state index contributed by atoms with van der Waals surface area (Å²) in [6.07, 6.45) is 6.72. The van der Waals surface area contributed by atoms with Gasteiger partial charge in [0.2, 0.25) is 0 Å². The monoisotopic (exact) mass is 319 g/mol. The van der Waals surface area contributed by atoms with Gasteiger partial charge in [0.15, 0.2) is 0 Å². The molecule has 8 heteroatoms. The summed E-state index contributed by atoms with van der Waals surface area (Å²) >= 11 is 0. The molecule has 8 nitrogen and oxygen atoms in total. The Balaban J connectivity index is 1.72. The van der Waals surface area contributed by atoms with Gasteiger partial charge in [-0.3, -0.25) is 10.1 Å². The number of carbonyl (C=O) groups is 2. The third kappa shape index (κ3) is 3.01. The zero-order valence-corrected chi connectivity index (χ0v) is 12.0. The first-order valence-corrected chi connectivity index (χ1v) is 7.08. The number of furan rings is 1. The molecule has 0 radical (unpaired) electrons. The molecule has 1 aromatic heterocycles. The van der Waals surface area contributed by atoms with E-state index in [1.165, 1.54) is 30.4 Å². The van der Waals surface area contributed by atoms with E-state index in [-0.39, 0.29) is 11.3 Å². The summed E-state index contributed by atoms with van der Waals surface area (Å²) < 4.78 is 15.4. The molecule has 120 valence electrons. The maximum atomic E-state index is 12.0. The fourth-order valence-electron chi connectivity index (χ4n) is 2.57. The maximum absolute atomic E-state index is 12.0. The molecule has 1 spiro atoms. The fraction of sp³-hybridized carbons (Fsp3) is 0.333. The van der Waals surface area contributed by atoms with E-state index in [2.05, 4.69) is 0 Å². The number of hydrogen-bond donors (Lipinski definition) is 0. The number of ether oxygens (including phenoxy) is 2. The van der Waals surface area contributed by atoms with Gasteiger partial charge in [-0.1, -0.05) is 6.08 Å². The summed E-state index contributed by atoms with van der Waals surface area (Å²) in [6, 6.07) is 2.61. The highest BCUT2D eigenvalue weighted by atomic mass is 16.7. The Morgan fingerprint density at radius 2 is 1.78 bits per heavy atom. The summed E-state index contributed by atoms with van der Waals surface area (Å²) in [5.74, 6) is -2.72. The summed E-state index contributed by atoms with van der Waals surface area (Å²) in [5.41, 5.74) is -0.222. The van der Waals surface area contributed by atoms with E-state index in [1.807, 2.05) is 0 Å². The molecule has 2 heterocycles. The topological polar surface area (TPSA) is 109 Å². The predicted molar refractivity (Wildman–Crippen MR) is 75.9 cm³/mol. The van der Waals surface area contributed by atoms with Gasteiger partial charge in [0.05, 0.1) is 6.07 Å². The quantitative estimate of drug-likeness (QED) is 0.277. The molecule has 0 unspecified atom stereocenters. The smallest absolute Gasteiger partial charge is 0.419 e. The first-order valence-electron chi connectivity index (χ1n) is 7.08. The summed E-state index contributed by atoms with van der Waals surface area (Å²) in [4.78, 5) is 33.8. The number of hydrogen-bond acceptors (Lipinski definition) is 7. The first-order chi connectivity index (χ1) is 11.0. The number of rotatable bonds is 3. The molecule has 0 bridgehead atoms. The minimum absolute atomic E-state index is 0.221. The van der Waals surface area contributed by atoms with Crippen LogP contribution in [0.2, 0.25) is 0 Å². The second-order valence-electron chi connectivity index (χ2n) is 5.27. The average molecular weight is 319 g/mol. The van der Waals surface area contributed by atoms with Crippen LogP contribution in [0.4, 0.5) is 5.88 Å². The number of nitro groups is 1. The highest BCUT2D eigenvalue weighted by molar-refractivity contribution is 6.15. The van der Waals surface area contributed by atoms with E-state index >= 15 is 0 Å². The van der Waals surface area contributed by atoms with Crippen LogP contribution < -0.4 is 0 Å². The second-order valence-corrected chi connectivity index (χ2v) is 5.27. The minimum atomic E-state index is -1.10. The molecule has 2 aliphatic rings. The van der Waals surface area contributed by atoms with E-state index in [4.69, 9.17) is 13.9 Å². The molecule has 1 saturated carbocycles. The molecule has 3 rings (SSSR count). The van der Waals surface area contributed by atoms with Gasteiger partial charge in [0, 0.05) is 12.8 Å². The Morgan fingerprint density at radius 1 is 1.13 bits per heavy atom. The Hall–Kier alpha value is -2.90. The molecule has 1 saturated heterocycles. The number of allylic oxidation sites excluding steroid dienone is 2. The van der Waals surface area contributed by atoms with Gasteiger partial charge in [-0.2, -0.15) is 0 Å². The summed E-state index contributed by atoms with van der Waals surface area (Å²) in [5, 5.41) is 10.5. The van der Waals surface area contributed by atoms with Crippen LogP contribution in [-0.2, 0) is 19.1 Å². The predicted octanol–water partition coefficient (Wildman–Crippen LogP) is 2.50. The van der Waals surface area contributed by atoms with Gasteiger partial charge < -0.3 is 13.9 Å². The van der Waals surface area contributed by atoms with Gasteiger partial charge in [-0.05, 0) is 31.1 Å². The Morgan fingerprint density at radius 3 is 2.35 bits per heavy atom. The SMILES string of the molecule is O=C1OC2(CCCC2)OC(=O)C1=C/C=C/c1ccc([N+](=O)[O-])o1. The molecule has 1 aliphatic carbocycles. The van der Waals surface area contributed by atoms with E-state index in [0.717, 1.165) is 12.8 Å². The molecular formula is C15H13NO7. The molecule has 1 aliphatic heterocycles. The lowest BCUT2D eigenvalue weighted by Gasteiger charge is -2.32. The van der Waals surface area contributed by atoms with Crippen molar-refractivity contribution in [3.63, 3.8) is 0 Å². The van der Waals surface area contributed by atoms with Crippen LogP contribution in [0.5, 0.6) is 0 Å². The van der Waals surface area contributed by atoms with Crippen LogP contribution in [0.25, 0.3) is 6.08 Å². The van der Waals surface area contributed by atoms with Crippen LogP contribution in [0, 0.1) is 10.1 Å². The molecule has 23 heavy (non-hydrogen) atoms. The van der Waals surface area contributed by atoms with Crippen molar-refractivity contribution in [3.05, 3.63) is 45.7 Å². The Labute approximate surface area is 130 Å². The molecule has 0 atom stereocenters. The molecule has 2 fully saturated rings. The van der Waals surface area contributed by atoms with Crippen LogP contribution in [0.3, 0.4) is 0 Å². The van der Waals surface area contributed by atoms with E-state index in [0.29, 0.717) is 12.8 Å². The molecule has 0 aromatic carbocycles. The zero-order valence-electron chi connectivity index (χ0n) is 12.0. The number of carbonyl (C=O) groups excluding carboxylic acids is 2. The maximum Gasteiger partial charge on any atom is 0.433 e. The number of esters is 2. The largest absolute Gasteiger partial charge is 0.433 e. The normalized spacial score (nSPS) is 19.9. The van der Waals surface area contributed by atoms with Gasteiger partial charge >= 0.3 is 17.8 Å². The van der Waals surface area contributed by atoms with Gasteiger partial charge in [0.1, 0.15) is 16.3 Å². The highest BCUT2D eigenvalue weighted by Crippen LogP contribution is 2.38. The van der Waals surface area contributed by atoms with Gasteiger partial charge in [0.25, 0.3) is 5.79 Å². The Kier molecular flexibility index (Phi) is 3.73. The average Bonchev–Trinajstić information content (AvgIpc) is 3.12. The standard InChI is InChI=1S/C15H13NO7/c17-13-11(14(18)23-15(22-13)8-1-2-9-15)5-3-4-10-6-7-12(21-10)16(19)20/h3-7H,1-2,8-9H2/b4-3+. The van der Waals surface area contributed by atoms with Crippen LogP contribution >= 0.6 is 0 Å². The van der Waals surface area contributed by atoms with E-state index in [9.17, 15) is 19.7 Å².